The lowest BCUT2D eigenvalue weighted by atomic mass is 9.79. The lowest BCUT2D eigenvalue weighted by molar-refractivity contribution is -0.138. The summed E-state index contributed by atoms with van der Waals surface area (Å²) in [6.45, 7) is 0.991. The Hall–Kier alpha value is -5.26. The summed E-state index contributed by atoms with van der Waals surface area (Å²) < 4.78 is 52.9. The molecule has 0 radical (unpaired) electrons. The Morgan fingerprint density at radius 1 is 0.645 bits per heavy atom. The topological polar surface area (TPSA) is 137 Å². The van der Waals surface area contributed by atoms with Crippen LogP contribution < -0.4 is 18.9 Å². The number of aromatic nitrogens is 2. The fourth-order valence-electron chi connectivity index (χ4n) is 10.2. The number of aliphatic carboxylic acids is 2. The minimum absolute atomic E-state index is 0.0138. The number of carboxylic acid groups (broad SMARTS) is 2. The molecule has 330 valence electrons. The van der Waals surface area contributed by atoms with E-state index in [-0.39, 0.29) is 71.8 Å². The Labute approximate surface area is 362 Å². The number of ether oxygens (including phenoxy) is 4. The third-order valence-electron chi connectivity index (χ3n) is 14.0. The van der Waals surface area contributed by atoms with E-state index in [1.54, 1.807) is 44.7 Å². The van der Waals surface area contributed by atoms with E-state index in [1.165, 1.54) is 12.1 Å². The number of benzene rings is 2. The second kappa shape index (κ2) is 19.4. The number of halogens is 2. The molecule has 8 rings (SSSR count). The van der Waals surface area contributed by atoms with Crippen molar-refractivity contribution in [2.45, 2.75) is 113 Å². The van der Waals surface area contributed by atoms with E-state index < -0.39 is 11.9 Å². The first-order valence-electron chi connectivity index (χ1n) is 22.4. The van der Waals surface area contributed by atoms with Crippen LogP contribution in [0.25, 0.3) is 0 Å². The first-order valence-corrected chi connectivity index (χ1v) is 22.4. The fourth-order valence-corrected chi connectivity index (χ4v) is 10.2. The minimum Gasteiger partial charge on any atom is -0.497 e. The average Bonchev–Trinajstić information content (AvgIpc) is 4.23. The van der Waals surface area contributed by atoms with Gasteiger partial charge < -0.3 is 29.2 Å². The van der Waals surface area contributed by atoms with Gasteiger partial charge in [0.1, 0.15) is 34.6 Å². The molecular weight excluding hydrogens is 795 g/mol. The van der Waals surface area contributed by atoms with Crippen LogP contribution in [-0.2, 0) is 9.59 Å². The highest BCUT2D eigenvalue weighted by molar-refractivity contribution is 5.68. The molecule has 2 aromatic carbocycles. The lowest BCUT2D eigenvalue weighted by Crippen LogP contribution is -2.20. The summed E-state index contributed by atoms with van der Waals surface area (Å²) >= 11 is 0. The standard InChI is InChI=1S/C50H58F2N2O8/c1-59-34-13-15-44(51)38(19-34)31-7-3-29(4-8-31)27-61-36-17-18-53-46(21-36)43(26-50(57)58)41-24-42(41)48-23-37(22-47(54-48)40(25-49(55)56)33-11-12-33)62-28-30-5-9-32(10-6-30)39-20-35(60-2)14-16-45(39)52/h13-23,29-33,40-43H,3-12,24-28H2,1-2H3,(H,55,56)(H,57,58). The van der Waals surface area contributed by atoms with E-state index in [4.69, 9.17) is 23.9 Å². The molecule has 4 aromatic rings. The molecule has 4 aliphatic rings. The first kappa shape index (κ1) is 43.4. The maximum atomic E-state index is 14.8. The van der Waals surface area contributed by atoms with E-state index >= 15 is 0 Å². The summed E-state index contributed by atoms with van der Waals surface area (Å²) in [5.41, 5.74) is 3.58. The number of methoxy groups -OCH3 is 2. The van der Waals surface area contributed by atoms with Crippen LogP contribution in [0.3, 0.4) is 0 Å². The largest absolute Gasteiger partial charge is 0.497 e. The molecule has 4 atom stereocenters. The van der Waals surface area contributed by atoms with E-state index in [0.717, 1.165) is 82.0 Å². The maximum Gasteiger partial charge on any atom is 0.304 e. The molecule has 2 N–H and O–H groups in total. The zero-order valence-corrected chi connectivity index (χ0v) is 35.6. The summed E-state index contributed by atoms with van der Waals surface area (Å²) in [7, 11) is 3.18. The average molecular weight is 853 g/mol. The summed E-state index contributed by atoms with van der Waals surface area (Å²) in [5, 5.41) is 20.0. The third-order valence-corrected chi connectivity index (χ3v) is 14.0. The van der Waals surface area contributed by atoms with Crippen LogP contribution in [0.2, 0.25) is 0 Å². The number of hydrogen-bond donors (Lipinski definition) is 2. The molecular formula is C50H58F2N2O8. The molecule has 0 bridgehead atoms. The normalized spacial score (nSPS) is 24.4. The van der Waals surface area contributed by atoms with Gasteiger partial charge >= 0.3 is 11.9 Å². The molecule has 4 fully saturated rings. The summed E-state index contributed by atoms with van der Waals surface area (Å²) in [4.78, 5) is 34.1. The van der Waals surface area contributed by atoms with E-state index in [1.807, 2.05) is 24.3 Å². The molecule has 62 heavy (non-hydrogen) atoms. The van der Waals surface area contributed by atoms with Crippen molar-refractivity contribution in [1.29, 1.82) is 0 Å². The zero-order valence-electron chi connectivity index (χ0n) is 35.6. The third kappa shape index (κ3) is 10.7. The van der Waals surface area contributed by atoms with Gasteiger partial charge in [0.2, 0.25) is 0 Å². The monoisotopic (exact) mass is 852 g/mol. The highest BCUT2D eigenvalue weighted by Gasteiger charge is 2.47. The molecule has 12 heteroatoms. The minimum atomic E-state index is -0.914. The van der Waals surface area contributed by atoms with Gasteiger partial charge in [0.25, 0.3) is 0 Å². The van der Waals surface area contributed by atoms with Gasteiger partial charge in [-0.3, -0.25) is 19.6 Å². The predicted molar refractivity (Wildman–Crippen MR) is 228 cm³/mol. The molecule has 0 aliphatic heterocycles. The molecule has 4 saturated carbocycles. The van der Waals surface area contributed by atoms with Crippen LogP contribution in [0.4, 0.5) is 8.78 Å². The van der Waals surface area contributed by atoms with Crippen molar-refractivity contribution in [1.82, 2.24) is 9.97 Å². The van der Waals surface area contributed by atoms with Gasteiger partial charge in [0, 0.05) is 59.2 Å². The Balaban J connectivity index is 0.931. The SMILES string of the molecule is COc1ccc(F)c(C2CCC(COc3ccnc(C(CC(=O)O)C4CC4c4cc(OCC5CCC(c6cc(OC)ccc6F)CC5)cc(C(CC(=O)O)C5CC5)n4)c3)CC2)c1. The van der Waals surface area contributed by atoms with Crippen molar-refractivity contribution in [3.63, 3.8) is 0 Å². The summed E-state index contributed by atoms with van der Waals surface area (Å²) in [6, 6.07) is 17.4. The molecule has 2 heterocycles. The van der Waals surface area contributed by atoms with Gasteiger partial charge in [0.15, 0.2) is 0 Å². The number of hydrogen-bond acceptors (Lipinski definition) is 8. The van der Waals surface area contributed by atoms with Crippen molar-refractivity contribution in [3.8, 4) is 23.0 Å². The van der Waals surface area contributed by atoms with Gasteiger partial charge in [-0.1, -0.05) is 0 Å². The smallest absolute Gasteiger partial charge is 0.304 e. The van der Waals surface area contributed by atoms with Gasteiger partial charge in [-0.15, -0.1) is 0 Å². The molecule has 0 amide bonds. The molecule has 10 nitrogen and oxygen atoms in total. The van der Waals surface area contributed by atoms with Crippen LogP contribution >= 0.6 is 0 Å². The second-order valence-electron chi connectivity index (χ2n) is 18.2. The van der Waals surface area contributed by atoms with Crippen LogP contribution in [-0.4, -0.2) is 59.6 Å². The first-order chi connectivity index (χ1) is 30.0. The van der Waals surface area contributed by atoms with Gasteiger partial charge in [-0.25, -0.2) is 8.78 Å². The molecule has 4 aliphatic carbocycles. The number of carbonyl (C=O) groups is 2. The Morgan fingerprint density at radius 2 is 1.18 bits per heavy atom. The molecule has 4 unspecified atom stereocenters. The highest BCUT2D eigenvalue weighted by atomic mass is 19.1. The van der Waals surface area contributed by atoms with E-state index in [9.17, 15) is 28.6 Å². The Bertz CT molecular complexity index is 2200. The van der Waals surface area contributed by atoms with Crippen LogP contribution in [0, 0.1) is 35.3 Å². The predicted octanol–water partition coefficient (Wildman–Crippen LogP) is 10.8. The van der Waals surface area contributed by atoms with Crippen molar-refractivity contribution >= 4 is 11.9 Å². The van der Waals surface area contributed by atoms with Crippen molar-refractivity contribution in [3.05, 3.63) is 107 Å². The molecule has 0 spiro atoms. The fraction of sp³-hybridized carbons (Fsp3) is 0.520. The lowest BCUT2D eigenvalue weighted by Gasteiger charge is -2.29. The Morgan fingerprint density at radius 3 is 1.71 bits per heavy atom. The highest BCUT2D eigenvalue weighted by Crippen LogP contribution is 2.56. The second-order valence-corrected chi connectivity index (χ2v) is 18.2. The summed E-state index contributed by atoms with van der Waals surface area (Å²) in [5.74, 6) is 0.826. The summed E-state index contributed by atoms with van der Waals surface area (Å²) in [6.07, 6.45) is 11.2. The van der Waals surface area contributed by atoms with E-state index in [2.05, 4.69) is 4.98 Å². The van der Waals surface area contributed by atoms with Gasteiger partial charge in [-0.05, 0) is 160 Å². The van der Waals surface area contributed by atoms with Crippen LogP contribution in [0.1, 0.15) is 141 Å². The number of carboxylic acids is 2. The van der Waals surface area contributed by atoms with Crippen molar-refractivity contribution < 1.29 is 47.5 Å². The van der Waals surface area contributed by atoms with Crippen LogP contribution in [0.5, 0.6) is 23.0 Å². The quantitative estimate of drug-likeness (QED) is 0.0938. The molecule has 2 aromatic heterocycles. The number of pyridine rings is 2. The Kier molecular flexibility index (Phi) is 13.6. The van der Waals surface area contributed by atoms with Crippen LogP contribution in [0.15, 0.2) is 66.9 Å². The maximum absolute atomic E-state index is 14.8. The zero-order chi connectivity index (χ0) is 43.3. The number of rotatable bonds is 19. The van der Waals surface area contributed by atoms with Crippen molar-refractivity contribution in [2.24, 2.45) is 23.7 Å². The van der Waals surface area contributed by atoms with Gasteiger partial charge in [0.05, 0.1) is 40.3 Å². The van der Waals surface area contributed by atoms with Crippen molar-refractivity contribution in [2.75, 3.05) is 27.4 Å². The van der Waals surface area contributed by atoms with Gasteiger partial charge in [-0.2, -0.15) is 0 Å². The number of nitrogens with zero attached hydrogens (tertiary/aromatic N) is 2. The van der Waals surface area contributed by atoms with E-state index in [0.29, 0.717) is 59.0 Å². The molecule has 0 saturated heterocycles.